The van der Waals surface area contributed by atoms with Gasteiger partial charge in [-0.05, 0) is 13.1 Å². The molecule has 0 fully saturated rings. The molecule has 2 atom stereocenters. The fourth-order valence-electron chi connectivity index (χ4n) is 2.25. The molecule has 1 aliphatic heterocycles. The van der Waals surface area contributed by atoms with Crippen molar-refractivity contribution in [3.63, 3.8) is 0 Å². The average molecular weight is 284 g/mol. The third kappa shape index (κ3) is 3.46. The summed E-state index contributed by atoms with van der Waals surface area (Å²) in [4.78, 5) is 0. The zero-order valence-corrected chi connectivity index (χ0v) is 12.0. The monoisotopic (exact) mass is 284 g/mol. The summed E-state index contributed by atoms with van der Waals surface area (Å²) in [5, 5.41) is 3.32. The second-order valence-electron chi connectivity index (χ2n) is 4.78. The summed E-state index contributed by atoms with van der Waals surface area (Å²) >= 11 is 0. The third-order valence-corrected chi connectivity index (χ3v) is 4.73. The number of benzene rings is 1. The van der Waals surface area contributed by atoms with Gasteiger partial charge in [0.05, 0.1) is 12.4 Å². The lowest BCUT2D eigenvalue weighted by Crippen LogP contribution is -2.37. The summed E-state index contributed by atoms with van der Waals surface area (Å²) < 4.78 is 30.8. The van der Waals surface area contributed by atoms with Crippen LogP contribution in [-0.4, -0.2) is 34.4 Å². The van der Waals surface area contributed by atoms with Crippen molar-refractivity contribution in [3.05, 3.63) is 29.8 Å². The predicted molar refractivity (Wildman–Crippen MR) is 74.7 cm³/mol. The number of sulfonamides is 1. The van der Waals surface area contributed by atoms with E-state index in [1.807, 2.05) is 24.3 Å². The minimum Gasteiger partial charge on any atom is -0.493 e. The molecule has 0 saturated heterocycles. The van der Waals surface area contributed by atoms with Crippen LogP contribution in [0.25, 0.3) is 0 Å². The van der Waals surface area contributed by atoms with Crippen LogP contribution in [0.4, 0.5) is 0 Å². The lowest BCUT2D eigenvalue weighted by Gasteiger charge is -2.32. The summed E-state index contributed by atoms with van der Waals surface area (Å²) in [7, 11) is -1.73. The van der Waals surface area contributed by atoms with Gasteiger partial charge in [-0.2, -0.15) is 0 Å². The van der Waals surface area contributed by atoms with Gasteiger partial charge in [-0.3, -0.25) is 0 Å². The molecule has 106 valence electrons. The van der Waals surface area contributed by atoms with Crippen LogP contribution in [-0.2, 0) is 10.0 Å². The summed E-state index contributed by atoms with van der Waals surface area (Å²) in [5.74, 6) is 1.28. The molecule has 0 aromatic heterocycles. The Bertz CT molecular complexity index is 530. The Kier molecular flexibility index (Phi) is 4.44. The largest absolute Gasteiger partial charge is 0.493 e. The summed E-state index contributed by atoms with van der Waals surface area (Å²) in [5.41, 5.74) is 1.10. The maximum absolute atomic E-state index is 11.4. The first kappa shape index (κ1) is 14.3. The molecule has 0 amide bonds. The van der Waals surface area contributed by atoms with E-state index in [1.165, 1.54) is 7.05 Å². The van der Waals surface area contributed by atoms with E-state index < -0.39 is 10.0 Å². The minimum atomic E-state index is -3.16. The Morgan fingerprint density at radius 1 is 1.37 bits per heavy atom. The van der Waals surface area contributed by atoms with Gasteiger partial charge in [0, 0.05) is 24.1 Å². The average Bonchev–Trinajstić information content (AvgIpc) is 2.41. The van der Waals surface area contributed by atoms with Gasteiger partial charge in [-0.1, -0.05) is 25.1 Å². The van der Waals surface area contributed by atoms with Crippen molar-refractivity contribution in [2.75, 3.05) is 26.0 Å². The van der Waals surface area contributed by atoms with E-state index in [1.54, 1.807) is 0 Å². The maximum atomic E-state index is 11.4. The van der Waals surface area contributed by atoms with Crippen molar-refractivity contribution < 1.29 is 13.2 Å². The Labute approximate surface area is 114 Å². The van der Waals surface area contributed by atoms with Gasteiger partial charge in [0.1, 0.15) is 5.75 Å². The standard InChI is InChI=1S/C13H20N2O3S/c1-10-9-18-12-6-4-3-5-11(12)13(10)15-7-8-19(16,17)14-2/h3-6,10,13-15H,7-9H2,1-2H3. The summed E-state index contributed by atoms with van der Waals surface area (Å²) in [6, 6.07) is 8.02. The van der Waals surface area contributed by atoms with Crippen molar-refractivity contribution in [3.8, 4) is 5.75 Å². The molecule has 2 unspecified atom stereocenters. The van der Waals surface area contributed by atoms with Crippen LogP contribution in [0.5, 0.6) is 5.75 Å². The van der Waals surface area contributed by atoms with E-state index in [0.717, 1.165) is 11.3 Å². The van der Waals surface area contributed by atoms with Gasteiger partial charge in [-0.25, -0.2) is 13.1 Å². The highest BCUT2D eigenvalue weighted by atomic mass is 32.2. The molecule has 19 heavy (non-hydrogen) atoms. The van der Waals surface area contributed by atoms with Crippen LogP contribution >= 0.6 is 0 Å². The zero-order valence-electron chi connectivity index (χ0n) is 11.2. The molecular formula is C13H20N2O3S. The van der Waals surface area contributed by atoms with E-state index in [0.29, 0.717) is 19.1 Å². The van der Waals surface area contributed by atoms with Crippen molar-refractivity contribution in [2.45, 2.75) is 13.0 Å². The maximum Gasteiger partial charge on any atom is 0.212 e. The van der Waals surface area contributed by atoms with Crippen LogP contribution in [0.3, 0.4) is 0 Å². The molecule has 0 aliphatic carbocycles. The quantitative estimate of drug-likeness (QED) is 0.843. The highest BCUT2D eigenvalue weighted by Gasteiger charge is 2.27. The number of ether oxygens (including phenoxy) is 1. The molecular weight excluding hydrogens is 264 g/mol. The Balaban J connectivity index is 2.04. The predicted octanol–water partition coefficient (Wildman–Crippen LogP) is 0.895. The highest BCUT2D eigenvalue weighted by Crippen LogP contribution is 2.34. The molecule has 1 aromatic rings. The van der Waals surface area contributed by atoms with Crippen LogP contribution in [0.15, 0.2) is 24.3 Å². The molecule has 0 saturated carbocycles. The second kappa shape index (κ2) is 5.90. The van der Waals surface area contributed by atoms with Crippen molar-refractivity contribution >= 4 is 10.0 Å². The molecule has 6 heteroatoms. The van der Waals surface area contributed by atoms with Gasteiger partial charge in [0.2, 0.25) is 10.0 Å². The number of fused-ring (bicyclic) bond motifs is 1. The van der Waals surface area contributed by atoms with Crippen molar-refractivity contribution in [1.29, 1.82) is 0 Å². The lowest BCUT2D eigenvalue weighted by molar-refractivity contribution is 0.190. The Morgan fingerprint density at radius 2 is 2.11 bits per heavy atom. The fraction of sp³-hybridized carbons (Fsp3) is 0.538. The molecule has 1 aromatic carbocycles. The molecule has 0 radical (unpaired) electrons. The Hall–Kier alpha value is -1.11. The van der Waals surface area contributed by atoms with Crippen LogP contribution in [0.1, 0.15) is 18.5 Å². The van der Waals surface area contributed by atoms with Gasteiger partial charge < -0.3 is 10.1 Å². The summed E-state index contributed by atoms with van der Waals surface area (Å²) in [6.07, 6.45) is 0. The Morgan fingerprint density at radius 3 is 2.84 bits per heavy atom. The topological polar surface area (TPSA) is 67.4 Å². The molecule has 0 spiro atoms. The molecule has 0 bridgehead atoms. The van der Waals surface area contributed by atoms with Gasteiger partial charge >= 0.3 is 0 Å². The number of para-hydroxylation sites is 1. The van der Waals surface area contributed by atoms with E-state index >= 15 is 0 Å². The number of hydrogen-bond acceptors (Lipinski definition) is 4. The summed E-state index contributed by atoms with van der Waals surface area (Å²) in [6.45, 7) is 3.17. The van der Waals surface area contributed by atoms with Gasteiger partial charge in [0.15, 0.2) is 0 Å². The normalized spacial score (nSPS) is 22.6. The van der Waals surface area contributed by atoms with Crippen molar-refractivity contribution in [1.82, 2.24) is 10.0 Å². The SMILES string of the molecule is CNS(=O)(=O)CCNC1c2ccccc2OCC1C. The third-order valence-electron chi connectivity index (χ3n) is 3.37. The van der Waals surface area contributed by atoms with Crippen LogP contribution in [0.2, 0.25) is 0 Å². The lowest BCUT2D eigenvalue weighted by atomic mass is 9.92. The molecule has 1 aliphatic rings. The van der Waals surface area contributed by atoms with E-state index in [9.17, 15) is 8.42 Å². The number of hydrogen-bond donors (Lipinski definition) is 2. The number of nitrogens with one attached hydrogen (secondary N) is 2. The fourth-order valence-corrected chi connectivity index (χ4v) is 2.85. The van der Waals surface area contributed by atoms with E-state index in [4.69, 9.17) is 4.74 Å². The van der Waals surface area contributed by atoms with Gasteiger partial charge in [-0.15, -0.1) is 0 Å². The molecule has 2 rings (SSSR count). The number of rotatable bonds is 5. The van der Waals surface area contributed by atoms with Crippen LogP contribution in [0, 0.1) is 5.92 Å². The zero-order chi connectivity index (χ0) is 13.9. The molecule has 5 nitrogen and oxygen atoms in total. The molecule has 1 heterocycles. The smallest absolute Gasteiger partial charge is 0.212 e. The highest BCUT2D eigenvalue weighted by molar-refractivity contribution is 7.89. The van der Waals surface area contributed by atoms with Crippen LogP contribution < -0.4 is 14.8 Å². The molecule has 2 N–H and O–H groups in total. The van der Waals surface area contributed by atoms with E-state index in [-0.39, 0.29) is 11.8 Å². The first-order valence-corrected chi connectivity index (χ1v) is 8.05. The first-order valence-electron chi connectivity index (χ1n) is 6.40. The van der Waals surface area contributed by atoms with E-state index in [2.05, 4.69) is 17.0 Å². The van der Waals surface area contributed by atoms with Crippen molar-refractivity contribution in [2.24, 2.45) is 5.92 Å². The first-order chi connectivity index (χ1) is 9.03. The minimum absolute atomic E-state index is 0.0791. The van der Waals surface area contributed by atoms with Gasteiger partial charge in [0.25, 0.3) is 0 Å². The second-order valence-corrected chi connectivity index (χ2v) is 6.83.